The molecule has 0 saturated carbocycles. The third kappa shape index (κ3) is 5.44. The molecule has 0 radical (unpaired) electrons. The quantitative estimate of drug-likeness (QED) is 0.647. The van der Waals surface area contributed by atoms with E-state index in [1.54, 1.807) is 18.2 Å². The topological polar surface area (TPSA) is 116 Å². The summed E-state index contributed by atoms with van der Waals surface area (Å²) in [5.41, 5.74) is 0.156. The summed E-state index contributed by atoms with van der Waals surface area (Å²) in [7, 11) is 0. The maximum absolute atomic E-state index is 12.1. The van der Waals surface area contributed by atoms with Gasteiger partial charge in [-0.05, 0) is 19.1 Å². The standard InChI is InChI=1S/C15H17ClN4O5/c1-2-24-6-7-25-14-10(16)4-3-5-11(14)17-13(21)9-20-8-12(15(22)23)18-19-20/h3-5,8H,2,6-7,9H2,1H3,(H,17,21)(H,22,23). The first kappa shape index (κ1) is 18.7. The zero-order chi connectivity index (χ0) is 18.2. The van der Waals surface area contributed by atoms with Crippen LogP contribution in [0.4, 0.5) is 5.69 Å². The maximum Gasteiger partial charge on any atom is 0.358 e. The second-order valence-electron chi connectivity index (χ2n) is 4.82. The largest absolute Gasteiger partial charge is 0.487 e. The lowest BCUT2D eigenvalue weighted by Gasteiger charge is -2.14. The predicted molar refractivity (Wildman–Crippen MR) is 89.1 cm³/mol. The lowest BCUT2D eigenvalue weighted by Crippen LogP contribution is -2.20. The number of carbonyl (C=O) groups excluding carboxylic acids is 1. The number of amides is 1. The second-order valence-corrected chi connectivity index (χ2v) is 5.22. The van der Waals surface area contributed by atoms with E-state index in [4.69, 9.17) is 26.2 Å². The van der Waals surface area contributed by atoms with Gasteiger partial charge in [0, 0.05) is 6.61 Å². The monoisotopic (exact) mass is 368 g/mol. The SMILES string of the molecule is CCOCCOc1c(Cl)cccc1NC(=O)Cn1cc(C(=O)O)nn1. The summed E-state index contributed by atoms with van der Waals surface area (Å²) < 4.78 is 11.9. The number of ether oxygens (including phenoxy) is 2. The van der Waals surface area contributed by atoms with Crippen molar-refractivity contribution in [3.05, 3.63) is 35.1 Å². The van der Waals surface area contributed by atoms with Crippen LogP contribution >= 0.6 is 11.6 Å². The summed E-state index contributed by atoms with van der Waals surface area (Å²) in [6, 6.07) is 4.96. The number of anilines is 1. The fourth-order valence-corrected chi connectivity index (χ4v) is 2.14. The third-order valence-electron chi connectivity index (χ3n) is 2.98. The smallest absolute Gasteiger partial charge is 0.358 e. The number of hydrogen-bond donors (Lipinski definition) is 2. The van der Waals surface area contributed by atoms with Crippen molar-refractivity contribution in [3.63, 3.8) is 0 Å². The predicted octanol–water partition coefficient (Wildman–Crippen LogP) is 1.68. The lowest BCUT2D eigenvalue weighted by molar-refractivity contribution is -0.116. The van der Waals surface area contributed by atoms with Crippen LogP contribution in [0, 0.1) is 0 Å². The summed E-state index contributed by atoms with van der Waals surface area (Å²) in [6.45, 7) is 2.93. The number of halogens is 1. The van der Waals surface area contributed by atoms with Gasteiger partial charge in [-0.2, -0.15) is 0 Å². The molecule has 1 aromatic heterocycles. The Balaban J connectivity index is 2.01. The van der Waals surface area contributed by atoms with Crippen LogP contribution in [0.3, 0.4) is 0 Å². The number of aromatic nitrogens is 3. The van der Waals surface area contributed by atoms with Gasteiger partial charge in [0.05, 0.1) is 23.5 Å². The molecule has 134 valence electrons. The minimum atomic E-state index is -1.22. The van der Waals surface area contributed by atoms with Gasteiger partial charge in [-0.3, -0.25) is 4.79 Å². The maximum atomic E-state index is 12.1. The molecule has 0 fully saturated rings. The summed E-state index contributed by atoms with van der Waals surface area (Å²) in [5, 5.41) is 18.8. The Morgan fingerprint density at radius 2 is 2.16 bits per heavy atom. The van der Waals surface area contributed by atoms with Gasteiger partial charge in [0.1, 0.15) is 13.2 Å². The molecular formula is C15H17ClN4O5. The first-order valence-corrected chi connectivity index (χ1v) is 7.81. The number of rotatable bonds is 9. The van der Waals surface area contributed by atoms with Crippen LogP contribution in [-0.4, -0.2) is 51.8 Å². The Hall–Kier alpha value is -2.65. The molecule has 0 spiro atoms. The zero-order valence-corrected chi connectivity index (χ0v) is 14.2. The van der Waals surface area contributed by atoms with Gasteiger partial charge in [-0.25, -0.2) is 9.48 Å². The number of benzene rings is 1. The van der Waals surface area contributed by atoms with Crippen molar-refractivity contribution >= 4 is 29.2 Å². The number of carboxylic acid groups (broad SMARTS) is 1. The van der Waals surface area contributed by atoms with Crippen molar-refractivity contribution in [3.8, 4) is 5.75 Å². The van der Waals surface area contributed by atoms with Crippen LogP contribution in [-0.2, 0) is 16.1 Å². The molecule has 2 N–H and O–H groups in total. The zero-order valence-electron chi connectivity index (χ0n) is 13.4. The van der Waals surface area contributed by atoms with Gasteiger partial charge in [-0.15, -0.1) is 5.10 Å². The molecule has 2 rings (SSSR count). The first-order valence-electron chi connectivity index (χ1n) is 7.43. The van der Waals surface area contributed by atoms with Crippen LogP contribution in [0.25, 0.3) is 0 Å². The number of aromatic carboxylic acids is 1. The van der Waals surface area contributed by atoms with Crippen LogP contribution in [0.5, 0.6) is 5.75 Å². The van der Waals surface area contributed by atoms with E-state index in [0.717, 1.165) is 4.68 Å². The molecule has 0 aliphatic carbocycles. The van der Waals surface area contributed by atoms with E-state index in [1.165, 1.54) is 6.20 Å². The van der Waals surface area contributed by atoms with Crippen molar-refractivity contribution in [2.24, 2.45) is 0 Å². The highest BCUT2D eigenvalue weighted by Gasteiger charge is 2.14. The minimum absolute atomic E-state index is 0.203. The Kier molecular flexibility index (Phi) is 6.72. The van der Waals surface area contributed by atoms with Crippen LogP contribution in [0.2, 0.25) is 5.02 Å². The number of carboxylic acids is 1. The molecular weight excluding hydrogens is 352 g/mol. The molecule has 0 aliphatic rings. The summed E-state index contributed by atoms with van der Waals surface area (Å²) in [6.07, 6.45) is 1.17. The van der Waals surface area contributed by atoms with Crippen molar-refractivity contribution in [1.29, 1.82) is 0 Å². The average molecular weight is 369 g/mol. The summed E-state index contributed by atoms with van der Waals surface area (Å²) >= 11 is 6.11. The second kappa shape index (κ2) is 9.00. The third-order valence-corrected chi connectivity index (χ3v) is 3.28. The molecule has 0 bridgehead atoms. The van der Waals surface area contributed by atoms with Crippen molar-refractivity contribution < 1.29 is 24.2 Å². The number of nitrogens with zero attached hydrogens (tertiary/aromatic N) is 3. The van der Waals surface area contributed by atoms with E-state index in [1.807, 2.05) is 6.92 Å². The lowest BCUT2D eigenvalue weighted by atomic mass is 10.3. The van der Waals surface area contributed by atoms with Crippen LogP contribution in [0.1, 0.15) is 17.4 Å². The molecule has 1 heterocycles. The molecule has 2 aromatic rings. The Labute approximate surface area is 148 Å². The fourth-order valence-electron chi connectivity index (χ4n) is 1.91. The Morgan fingerprint density at radius 3 is 2.84 bits per heavy atom. The molecule has 1 aromatic carbocycles. The van der Waals surface area contributed by atoms with Crippen molar-refractivity contribution in [2.45, 2.75) is 13.5 Å². The molecule has 0 saturated heterocycles. The van der Waals surface area contributed by atoms with Gasteiger partial charge in [0.25, 0.3) is 0 Å². The fraction of sp³-hybridized carbons (Fsp3) is 0.333. The first-order chi connectivity index (χ1) is 12.0. The minimum Gasteiger partial charge on any atom is -0.487 e. The molecule has 1 amide bonds. The van der Waals surface area contributed by atoms with Gasteiger partial charge < -0.3 is 19.9 Å². The molecule has 9 nitrogen and oxygen atoms in total. The number of hydrogen-bond acceptors (Lipinski definition) is 6. The van der Waals surface area contributed by atoms with E-state index < -0.39 is 11.9 Å². The molecule has 10 heteroatoms. The highest BCUT2D eigenvalue weighted by Crippen LogP contribution is 2.32. The van der Waals surface area contributed by atoms with Gasteiger partial charge in [0.2, 0.25) is 5.91 Å². The highest BCUT2D eigenvalue weighted by molar-refractivity contribution is 6.32. The molecule has 0 atom stereocenters. The Morgan fingerprint density at radius 1 is 1.36 bits per heavy atom. The van der Waals surface area contributed by atoms with Gasteiger partial charge in [0.15, 0.2) is 11.4 Å². The van der Waals surface area contributed by atoms with E-state index in [-0.39, 0.29) is 18.8 Å². The van der Waals surface area contributed by atoms with E-state index in [9.17, 15) is 9.59 Å². The van der Waals surface area contributed by atoms with Gasteiger partial charge in [-0.1, -0.05) is 22.9 Å². The van der Waals surface area contributed by atoms with Crippen LogP contribution in [0.15, 0.2) is 24.4 Å². The molecule has 0 aliphatic heterocycles. The van der Waals surface area contributed by atoms with Crippen molar-refractivity contribution in [1.82, 2.24) is 15.0 Å². The number of nitrogens with one attached hydrogen (secondary N) is 1. The van der Waals surface area contributed by atoms with E-state index in [2.05, 4.69) is 15.6 Å². The number of carbonyl (C=O) groups is 2. The molecule has 25 heavy (non-hydrogen) atoms. The summed E-state index contributed by atoms with van der Waals surface area (Å²) in [5.74, 6) is -1.31. The molecule has 0 unspecified atom stereocenters. The highest BCUT2D eigenvalue weighted by atomic mass is 35.5. The van der Waals surface area contributed by atoms with Crippen molar-refractivity contribution in [2.75, 3.05) is 25.1 Å². The number of para-hydroxylation sites is 1. The average Bonchev–Trinajstić information content (AvgIpc) is 3.02. The Bertz CT molecular complexity index is 749. The van der Waals surface area contributed by atoms with E-state index in [0.29, 0.717) is 29.7 Å². The van der Waals surface area contributed by atoms with Gasteiger partial charge >= 0.3 is 5.97 Å². The normalized spacial score (nSPS) is 10.5. The summed E-state index contributed by atoms with van der Waals surface area (Å²) in [4.78, 5) is 22.9. The van der Waals surface area contributed by atoms with E-state index >= 15 is 0 Å². The van der Waals surface area contributed by atoms with Crippen LogP contribution < -0.4 is 10.1 Å².